The summed E-state index contributed by atoms with van der Waals surface area (Å²) in [4.78, 5) is 21.3. The van der Waals surface area contributed by atoms with Gasteiger partial charge in [-0.25, -0.2) is 4.98 Å². The number of alkyl halides is 3. The monoisotopic (exact) mass is 402 g/mol. The predicted octanol–water partition coefficient (Wildman–Crippen LogP) is 3.93. The molecular weight excluding hydrogens is 381 g/mol. The van der Waals surface area contributed by atoms with E-state index in [2.05, 4.69) is 16.0 Å². The number of aromatic nitrogens is 2. The molecule has 0 saturated carbocycles. The van der Waals surface area contributed by atoms with Crippen LogP contribution in [0.1, 0.15) is 27.3 Å². The van der Waals surface area contributed by atoms with Crippen LogP contribution in [0.15, 0.2) is 42.6 Å². The summed E-state index contributed by atoms with van der Waals surface area (Å²) in [5, 5.41) is 0. The number of hydrogen-bond acceptors (Lipinski definition) is 3. The number of anilines is 1. The van der Waals surface area contributed by atoms with Gasteiger partial charge >= 0.3 is 6.18 Å². The second-order valence-electron chi connectivity index (χ2n) is 7.31. The first-order chi connectivity index (χ1) is 13.7. The molecule has 5 nitrogen and oxygen atoms in total. The summed E-state index contributed by atoms with van der Waals surface area (Å²) < 4.78 is 40.6. The van der Waals surface area contributed by atoms with E-state index < -0.39 is 11.7 Å². The van der Waals surface area contributed by atoms with Crippen LogP contribution in [-0.2, 0) is 6.18 Å². The third-order valence-corrected chi connectivity index (χ3v) is 5.26. The molecular formula is C21H21F3N4O. The van der Waals surface area contributed by atoms with Gasteiger partial charge in [-0.05, 0) is 43.7 Å². The molecule has 1 aliphatic rings. The molecule has 2 aromatic heterocycles. The van der Waals surface area contributed by atoms with E-state index in [1.807, 2.05) is 25.1 Å². The van der Waals surface area contributed by atoms with Gasteiger partial charge < -0.3 is 9.80 Å². The van der Waals surface area contributed by atoms with Crippen molar-refractivity contribution in [2.24, 2.45) is 0 Å². The normalized spacial score (nSPS) is 15.2. The zero-order valence-corrected chi connectivity index (χ0v) is 16.2. The number of rotatable bonds is 2. The SMILES string of the molecule is Cc1cccc(N2CCN(C(=O)c3c(C)nc4ccc(C(F)(F)F)cn34)CC2)c1. The maximum atomic E-state index is 13.1. The van der Waals surface area contributed by atoms with Gasteiger partial charge in [-0.15, -0.1) is 0 Å². The second-order valence-corrected chi connectivity index (χ2v) is 7.31. The molecule has 4 rings (SSSR count). The van der Waals surface area contributed by atoms with Gasteiger partial charge in [0.1, 0.15) is 11.3 Å². The Balaban J connectivity index is 1.57. The minimum absolute atomic E-state index is 0.190. The summed E-state index contributed by atoms with van der Waals surface area (Å²) in [5.41, 5.74) is 2.42. The van der Waals surface area contributed by atoms with E-state index in [1.165, 1.54) is 16.0 Å². The molecule has 1 aliphatic heterocycles. The summed E-state index contributed by atoms with van der Waals surface area (Å²) in [7, 11) is 0. The largest absolute Gasteiger partial charge is 0.417 e. The fourth-order valence-electron chi connectivity index (χ4n) is 3.73. The highest BCUT2D eigenvalue weighted by Crippen LogP contribution is 2.30. The number of halogens is 3. The Bertz CT molecular complexity index is 1070. The zero-order valence-electron chi connectivity index (χ0n) is 16.2. The topological polar surface area (TPSA) is 40.8 Å². The van der Waals surface area contributed by atoms with Gasteiger partial charge in [0.2, 0.25) is 0 Å². The van der Waals surface area contributed by atoms with E-state index >= 15 is 0 Å². The Morgan fingerprint density at radius 2 is 1.76 bits per heavy atom. The fraction of sp³-hybridized carbons (Fsp3) is 0.333. The molecule has 3 aromatic rings. The quantitative estimate of drug-likeness (QED) is 0.652. The first kappa shape index (κ1) is 19.3. The Kier molecular flexibility index (Phi) is 4.72. The lowest BCUT2D eigenvalue weighted by atomic mass is 10.2. The van der Waals surface area contributed by atoms with E-state index in [0.717, 1.165) is 18.0 Å². The average Bonchev–Trinajstić information content (AvgIpc) is 3.02. The van der Waals surface area contributed by atoms with E-state index in [1.54, 1.807) is 11.8 Å². The minimum Gasteiger partial charge on any atom is -0.368 e. The van der Waals surface area contributed by atoms with Crippen LogP contribution >= 0.6 is 0 Å². The van der Waals surface area contributed by atoms with Crippen LogP contribution in [0.5, 0.6) is 0 Å². The van der Waals surface area contributed by atoms with Crippen molar-refractivity contribution in [1.29, 1.82) is 0 Å². The Labute approximate surface area is 166 Å². The average molecular weight is 402 g/mol. The van der Waals surface area contributed by atoms with Gasteiger partial charge in [0.25, 0.3) is 5.91 Å². The molecule has 0 atom stereocenters. The standard InChI is InChI=1S/C21H21F3N4O/c1-14-4-3-5-17(12-14)26-8-10-27(11-9-26)20(29)19-15(2)25-18-7-6-16(13-28(18)19)21(22,23)24/h3-7,12-13H,8-11H2,1-2H3. The first-order valence-electron chi connectivity index (χ1n) is 9.41. The number of aryl methyl sites for hydroxylation is 2. The molecule has 1 saturated heterocycles. The molecule has 0 N–H and O–H groups in total. The van der Waals surface area contributed by atoms with E-state index in [0.29, 0.717) is 37.5 Å². The van der Waals surface area contributed by atoms with Crippen LogP contribution < -0.4 is 4.90 Å². The lowest BCUT2D eigenvalue weighted by molar-refractivity contribution is -0.137. The van der Waals surface area contributed by atoms with E-state index in [-0.39, 0.29) is 11.6 Å². The van der Waals surface area contributed by atoms with Crippen molar-refractivity contribution in [3.05, 3.63) is 65.1 Å². The molecule has 3 heterocycles. The summed E-state index contributed by atoms with van der Waals surface area (Å²) in [6.07, 6.45) is -3.53. The highest BCUT2D eigenvalue weighted by atomic mass is 19.4. The molecule has 0 bridgehead atoms. The second kappa shape index (κ2) is 7.09. The Morgan fingerprint density at radius 3 is 2.41 bits per heavy atom. The van der Waals surface area contributed by atoms with E-state index in [4.69, 9.17) is 0 Å². The molecule has 1 amide bonds. The highest BCUT2D eigenvalue weighted by molar-refractivity contribution is 5.95. The van der Waals surface area contributed by atoms with Crippen LogP contribution in [0, 0.1) is 13.8 Å². The third-order valence-electron chi connectivity index (χ3n) is 5.26. The summed E-state index contributed by atoms with van der Waals surface area (Å²) in [6.45, 7) is 6.01. The fourth-order valence-corrected chi connectivity index (χ4v) is 3.73. The third kappa shape index (κ3) is 3.66. The predicted molar refractivity (Wildman–Crippen MR) is 104 cm³/mol. The van der Waals surface area contributed by atoms with Crippen LogP contribution in [-0.4, -0.2) is 46.4 Å². The molecule has 0 spiro atoms. The first-order valence-corrected chi connectivity index (χ1v) is 9.41. The molecule has 8 heteroatoms. The van der Waals surface area contributed by atoms with Crippen molar-refractivity contribution in [2.75, 3.05) is 31.1 Å². The molecule has 0 radical (unpaired) electrons. The number of carbonyl (C=O) groups is 1. The lowest BCUT2D eigenvalue weighted by Crippen LogP contribution is -2.49. The number of piperazine rings is 1. The highest BCUT2D eigenvalue weighted by Gasteiger charge is 2.32. The zero-order chi connectivity index (χ0) is 20.8. The van der Waals surface area contributed by atoms with Gasteiger partial charge in [0.05, 0.1) is 11.3 Å². The van der Waals surface area contributed by atoms with Crippen LogP contribution in [0.3, 0.4) is 0 Å². The summed E-state index contributed by atoms with van der Waals surface area (Å²) in [5.74, 6) is -0.293. The number of carbonyl (C=O) groups excluding carboxylic acids is 1. The molecule has 0 aliphatic carbocycles. The number of hydrogen-bond donors (Lipinski definition) is 0. The van der Waals surface area contributed by atoms with Crippen molar-refractivity contribution in [3.8, 4) is 0 Å². The van der Waals surface area contributed by atoms with Crippen LogP contribution in [0.25, 0.3) is 5.65 Å². The number of pyridine rings is 1. The van der Waals surface area contributed by atoms with Gasteiger partial charge in [0, 0.05) is 38.1 Å². The molecule has 1 aromatic carbocycles. The molecule has 29 heavy (non-hydrogen) atoms. The summed E-state index contributed by atoms with van der Waals surface area (Å²) in [6, 6.07) is 10.5. The maximum absolute atomic E-state index is 13.1. The van der Waals surface area contributed by atoms with Crippen molar-refractivity contribution in [1.82, 2.24) is 14.3 Å². The lowest BCUT2D eigenvalue weighted by Gasteiger charge is -2.36. The van der Waals surface area contributed by atoms with Crippen LogP contribution in [0.4, 0.5) is 18.9 Å². The van der Waals surface area contributed by atoms with E-state index in [9.17, 15) is 18.0 Å². The number of fused-ring (bicyclic) bond motifs is 1. The molecule has 0 unspecified atom stereocenters. The van der Waals surface area contributed by atoms with Gasteiger partial charge in [-0.3, -0.25) is 9.20 Å². The minimum atomic E-state index is -4.48. The number of nitrogens with zero attached hydrogens (tertiary/aromatic N) is 4. The number of benzene rings is 1. The smallest absolute Gasteiger partial charge is 0.368 e. The van der Waals surface area contributed by atoms with Crippen molar-refractivity contribution in [2.45, 2.75) is 20.0 Å². The van der Waals surface area contributed by atoms with Gasteiger partial charge in [-0.2, -0.15) is 13.2 Å². The van der Waals surface area contributed by atoms with Crippen molar-refractivity contribution in [3.63, 3.8) is 0 Å². The molecule has 152 valence electrons. The Morgan fingerprint density at radius 1 is 1.03 bits per heavy atom. The van der Waals surface area contributed by atoms with Gasteiger partial charge in [-0.1, -0.05) is 12.1 Å². The van der Waals surface area contributed by atoms with Gasteiger partial charge in [0.15, 0.2) is 0 Å². The maximum Gasteiger partial charge on any atom is 0.417 e. The van der Waals surface area contributed by atoms with Crippen LogP contribution in [0.2, 0.25) is 0 Å². The van der Waals surface area contributed by atoms with Crippen molar-refractivity contribution >= 4 is 17.2 Å². The number of amides is 1. The molecule has 1 fully saturated rings. The Hall–Kier alpha value is -3.03. The summed E-state index contributed by atoms with van der Waals surface area (Å²) >= 11 is 0. The van der Waals surface area contributed by atoms with Crippen molar-refractivity contribution < 1.29 is 18.0 Å². The number of imidazole rings is 1.